The van der Waals surface area contributed by atoms with Gasteiger partial charge in [0, 0.05) is 31.9 Å². The van der Waals surface area contributed by atoms with Gasteiger partial charge in [0.05, 0.1) is 12.0 Å². The summed E-state index contributed by atoms with van der Waals surface area (Å²) in [6, 6.07) is 11.3. The smallest absolute Gasteiger partial charge is 0.289 e. The summed E-state index contributed by atoms with van der Waals surface area (Å²) in [5.41, 5.74) is 2.12. The molecule has 0 radical (unpaired) electrons. The van der Waals surface area contributed by atoms with Gasteiger partial charge in [0.25, 0.3) is 5.91 Å². The molecule has 3 aromatic rings. The first-order chi connectivity index (χ1) is 14.6. The average Bonchev–Trinajstić information content (AvgIpc) is 3.46. The number of carbonyl (C=O) groups is 2. The van der Waals surface area contributed by atoms with E-state index in [0.29, 0.717) is 42.8 Å². The Morgan fingerprint density at radius 1 is 1.10 bits per heavy atom. The summed E-state index contributed by atoms with van der Waals surface area (Å²) in [6.07, 6.45) is 1.49. The van der Waals surface area contributed by atoms with Gasteiger partial charge in [-0.2, -0.15) is 0 Å². The Kier molecular flexibility index (Phi) is 6.34. The number of hydrogen-bond donors (Lipinski definition) is 1. The van der Waals surface area contributed by atoms with Crippen LogP contribution in [0.5, 0.6) is 0 Å². The van der Waals surface area contributed by atoms with E-state index >= 15 is 0 Å². The number of rotatable bonds is 6. The number of furan rings is 1. The maximum absolute atomic E-state index is 12.5. The summed E-state index contributed by atoms with van der Waals surface area (Å²) in [4.78, 5) is 28.3. The highest BCUT2D eigenvalue weighted by atomic mass is 32.2. The molecule has 0 unspecified atom stereocenters. The number of aryl methyl sites for hydroxylation is 1. The van der Waals surface area contributed by atoms with Crippen LogP contribution in [-0.4, -0.2) is 63.7 Å². The predicted molar refractivity (Wildman–Crippen MR) is 116 cm³/mol. The molecule has 1 saturated heterocycles. The molecule has 3 heterocycles. The minimum absolute atomic E-state index is 0.0358. The Hall–Kier alpha value is -2.85. The Labute approximate surface area is 182 Å². The summed E-state index contributed by atoms with van der Waals surface area (Å²) >= 11 is 2.80. The summed E-state index contributed by atoms with van der Waals surface area (Å²) in [7, 11) is 0. The van der Waals surface area contributed by atoms with Crippen LogP contribution < -0.4 is 5.32 Å². The van der Waals surface area contributed by atoms with Gasteiger partial charge >= 0.3 is 0 Å². The lowest BCUT2D eigenvalue weighted by molar-refractivity contribution is -0.129. The summed E-state index contributed by atoms with van der Waals surface area (Å²) in [6.45, 7) is 4.06. The van der Waals surface area contributed by atoms with E-state index in [4.69, 9.17) is 4.42 Å². The monoisotopic (exact) mass is 443 g/mol. The highest BCUT2D eigenvalue weighted by Crippen LogP contribution is 2.28. The van der Waals surface area contributed by atoms with Crippen LogP contribution in [0.4, 0.5) is 10.8 Å². The van der Waals surface area contributed by atoms with Gasteiger partial charge in [-0.3, -0.25) is 9.59 Å². The molecule has 2 amide bonds. The first-order valence-electron chi connectivity index (χ1n) is 9.49. The fraction of sp³-hybridized carbons (Fsp3) is 0.300. The molecule has 1 aliphatic heterocycles. The number of amides is 2. The van der Waals surface area contributed by atoms with E-state index in [1.807, 2.05) is 31.2 Å². The molecular weight excluding hydrogens is 422 g/mol. The minimum atomic E-state index is -0.135. The fourth-order valence-corrected chi connectivity index (χ4v) is 4.74. The largest absolute Gasteiger partial charge is 0.459 e. The van der Waals surface area contributed by atoms with Crippen molar-refractivity contribution in [2.45, 2.75) is 11.3 Å². The lowest BCUT2D eigenvalue weighted by Crippen LogP contribution is -2.51. The van der Waals surface area contributed by atoms with E-state index in [-0.39, 0.29) is 11.8 Å². The van der Waals surface area contributed by atoms with Crippen molar-refractivity contribution in [3.63, 3.8) is 0 Å². The van der Waals surface area contributed by atoms with Gasteiger partial charge in [-0.05, 0) is 30.7 Å². The number of benzene rings is 1. The quantitative estimate of drug-likeness (QED) is 0.585. The van der Waals surface area contributed by atoms with Crippen LogP contribution in [0.25, 0.3) is 0 Å². The molecule has 0 saturated carbocycles. The van der Waals surface area contributed by atoms with Gasteiger partial charge in [0.2, 0.25) is 11.0 Å². The molecule has 1 N–H and O–H groups in total. The first-order valence-corrected chi connectivity index (χ1v) is 11.3. The number of piperazine rings is 1. The molecule has 1 aromatic carbocycles. The van der Waals surface area contributed by atoms with Crippen LogP contribution in [0.1, 0.15) is 16.1 Å². The highest BCUT2D eigenvalue weighted by molar-refractivity contribution is 8.01. The van der Waals surface area contributed by atoms with E-state index in [9.17, 15) is 9.59 Å². The molecule has 0 aliphatic carbocycles. The molecule has 30 heavy (non-hydrogen) atoms. The van der Waals surface area contributed by atoms with Gasteiger partial charge in [-0.25, -0.2) is 0 Å². The molecule has 1 aliphatic rings. The van der Waals surface area contributed by atoms with E-state index in [0.717, 1.165) is 15.6 Å². The van der Waals surface area contributed by atoms with Crippen molar-refractivity contribution in [1.82, 2.24) is 20.0 Å². The molecule has 0 bridgehead atoms. The third-order valence-corrected chi connectivity index (χ3v) is 6.72. The summed E-state index contributed by atoms with van der Waals surface area (Å²) in [5.74, 6) is 0.528. The number of aromatic nitrogens is 2. The maximum atomic E-state index is 12.5. The summed E-state index contributed by atoms with van der Waals surface area (Å²) < 4.78 is 5.91. The van der Waals surface area contributed by atoms with Crippen molar-refractivity contribution < 1.29 is 14.0 Å². The zero-order valence-electron chi connectivity index (χ0n) is 16.4. The number of para-hydroxylation sites is 1. The van der Waals surface area contributed by atoms with Crippen molar-refractivity contribution in [3.05, 3.63) is 54.0 Å². The predicted octanol–water partition coefficient (Wildman–Crippen LogP) is 3.26. The lowest BCUT2D eigenvalue weighted by Gasteiger charge is -2.34. The second-order valence-corrected chi connectivity index (χ2v) is 8.95. The van der Waals surface area contributed by atoms with Crippen LogP contribution in [0, 0.1) is 6.92 Å². The van der Waals surface area contributed by atoms with Crippen LogP contribution in [0.2, 0.25) is 0 Å². The Balaban J connectivity index is 1.24. The van der Waals surface area contributed by atoms with Crippen molar-refractivity contribution in [3.8, 4) is 0 Å². The van der Waals surface area contributed by atoms with Gasteiger partial charge in [0.1, 0.15) is 0 Å². The van der Waals surface area contributed by atoms with E-state index in [2.05, 4.69) is 15.5 Å². The van der Waals surface area contributed by atoms with Gasteiger partial charge < -0.3 is 19.5 Å². The number of nitrogens with one attached hydrogen (secondary N) is 1. The van der Waals surface area contributed by atoms with Crippen molar-refractivity contribution in [2.24, 2.45) is 0 Å². The zero-order valence-corrected chi connectivity index (χ0v) is 18.0. The molecule has 10 heteroatoms. The standard InChI is InChI=1S/C20H21N5O3S2/c1-14-5-2-3-6-15(14)21-19-22-23-20(30-19)29-13-17(26)24-8-10-25(11-9-24)18(27)16-7-4-12-28-16/h2-7,12H,8-11,13H2,1H3,(H,21,22). The lowest BCUT2D eigenvalue weighted by atomic mass is 10.2. The van der Waals surface area contributed by atoms with E-state index < -0.39 is 0 Å². The Morgan fingerprint density at radius 3 is 2.60 bits per heavy atom. The molecule has 4 rings (SSSR count). The van der Waals surface area contributed by atoms with E-state index in [1.165, 1.54) is 29.4 Å². The Bertz CT molecular complexity index is 1010. The SMILES string of the molecule is Cc1ccccc1Nc1nnc(SCC(=O)N2CCN(C(=O)c3ccco3)CC2)s1. The molecule has 2 aromatic heterocycles. The number of carbonyl (C=O) groups excluding carboxylic acids is 2. The number of anilines is 2. The van der Waals surface area contributed by atoms with Crippen molar-refractivity contribution in [1.29, 1.82) is 0 Å². The van der Waals surface area contributed by atoms with Gasteiger partial charge in [-0.15, -0.1) is 10.2 Å². The van der Waals surface area contributed by atoms with Crippen molar-refractivity contribution in [2.75, 3.05) is 37.2 Å². The van der Waals surface area contributed by atoms with Crippen LogP contribution >= 0.6 is 23.1 Å². The average molecular weight is 444 g/mol. The van der Waals surface area contributed by atoms with Crippen LogP contribution in [0.3, 0.4) is 0 Å². The van der Waals surface area contributed by atoms with E-state index in [1.54, 1.807) is 21.9 Å². The molecule has 156 valence electrons. The van der Waals surface area contributed by atoms with Gasteiger partial charge in [-0.1, -0.05) is 41.3 Å². The van der Waals surface area contributed by atoms with Crippen LogP contribution in [-0.2, 0) is 4.79 Å². The normalized spacial score (nSPS) is 14.0. The fourth-order valence-electron chi connectivity index (χ4n) is 3.08. The topological polar surface area (TPSA) is 91.6 Å². The second kappa shape index (κ2) is 9.31. The first kappa shape index (κ1) is 20.4. The number of thioether (sulfide) groups is 1. The third-order valence-electron chi connectivity index (χ3n) is 4.76. The highest BCUT2D eigenvalue weighted by Gasteiger charge is 2.26. The molecule has 0 spiro atoms. The number of nitrogens with zero attached hydrogens (tertiary/aromatic N) is 4. The maximum Gasteiger partial charge on any atom is 0.289 e. The third kappa shape index (κ3) is 4.82. The summed E-state index contributed by atoms with van der Waals surface area (Å²) in [5, 5.41) is 12.3. The minimum Gasteiger partial charge on any atom is -0.459 e. The Morgan fingerprint density at radius 2 is 1.87 bits per heavy atom. The zero-order chi connectivity index (χ0) is 20.9. The van der Waals surface area contributed by atoms with Gasteiger partial charge in [0.15, 0.2) is 10.1 Å². The molecular formula is C20H21N5O3S2. The molecule has 8 nitrogen and oxygen atoms in total. The second-order valence-electron chi connectivity index (χ2n) is 6.75. The molecule has 0 atom stereocenters. The molecule has 1 fully saturated rings. The number of hydrogen-bond acceptors (Lipinski definition) is 8. The van der Waals surface area contributed by atoms with Crippen LogP contribution in [0.15, 0.2) is 51.4 Å². The van der Waals surface area contributed by atoms with Crippen molar-refractivity contribution >= 4 is 45.7 Å².